The van der Waals surface area contributed by atoms with Crippen LogP contribution in [0.1, 0.15) is 24.0 Å². The number of nitrogens with one attached hydrogen (secondary N) is 1. The lowest BCUT2D eigenvalue weighted by molar-refractivity contribution is -0.0500. The lowest BCUT2D eigenvalue weighted by Gasteiger charge is -2.19. The van der Waals surface area contributed by atoms with Gasteiger partial charge >= 0.3 is 6.61 Å². The third-order valence-corrected chi connectivity index (χ3v) is 3.56. The van der Waals surface area contributed by atoms with Gasteiger partial charge in [0.05, 0.1) is 23.5 Å². The second kappa shape index (κ2) is 5.76. The summed E-state index contributed by atoms with van der Waals surface area (Å²) in [4.78, 5) is 7.99. The van der Waals surface area contributed by atoms with Crippen molar-refractivity contribution in [3.8, 4) is 11.8 Å². The minimum absolute atomic E-state index is 0.230. The first-order valence-corrected chi connectivity index (χ1v) is 6.77. The average Bonchev–Trinajstić information content (AvgIpc) is 3.28. The summed E-state index contributed by atoms with van der Waals surface area (Å²) in [6, 6.07) is 5.55. The Balaban J connectivity index is 1.81. The van der Waals surface area contributed by atoms with Crippen LogP contribution >= 0.6 is 0 Å². The van der Waals surface area contributed by atoms with Crippen molar-refractivity contribution in [2.45, 2.75) is 25.0 Å². The number of hydrogen-bond donors (Lipinski definition) is 1. The number of rotatable bonds is 5. The fourth-order valence-corrected chi connectivity index (χ4v) is 2.31. The zero-order valence-corrected chi connectivity index (χ0v) is 11.8. The normalized spacial score (nSPS) is 15.1. The van der Waals surface area contributed by atoms with Gasteiger partial charge in [-0.05, 0) is 18.9 Å². The van der Waals surface area contributed by atoms with E-state index in [0.717, 1.165) is 6.07 Å². The fraction of sp³-hybridized carbons (Fsp3) is 0.267. The summed E-state index contributed by atoms with van der Waals surface area (Å²) in [6.45, 7) is -3.00. The number of benzene rings is 1. The van der Waals surface area contributed by atoms with Gasteiger partial charge in [-0.2, -0.15) is 14.0 Å². The number of hydrogen-bond acceptors (Lipinski definition) is 5. The Morgan fingerprint density at radius 3 is 2.48 bits per heavy atom. The standard InChI is InChI=1S/C15H11F3N4O/c16-12-5-10(23-13(17)18)1-2-11(12)15(3-4-15)22-14-20-7-9(6-19)8-21-14/h1-2,5,7-8,13H,3-4H2,(H,20,21,22). The van der Waals surface area contributed by atoms with Crippen LogP contribution in [-0.4, -0.2) is 16.6 Å². The minimum atomic E-state index is -3.00. The van der Waals surface area contributed by atoms with Crippen LogP contribution in [0, 0.1) is 17.1 Å². The van der Waals surface area contributed by atoms with Crippen molar-refractivity contribution in [1.29, 1.82) is 5.26 Å². The van der Waals surface area contributed by atoms with Crippen LogP contribution in [0.3, 0.4) is 0 Å². The highest BCUT2D eigenvalue weighted by molar-refractivity contribution is 5.45. The van der Waals surface area contributed by atoms with Crippen LogP contribution in [0.15, 0.2) is 30.6 Å². The van der Waals surface area contributed by atoms with E-state index in [-0.39, 0.29) is 11.7 Å². The molecule has 23 heavy (non-hydrogen) atoms. The molecular formula is C15H11F3N4O. The molecule has 5 nitrogen and oxygen atoms in total. The smallest absolute Gasteiger partial charge is 0.387 e. The third-order valence-electron chi connectivity index (χ3n) is 3.56. The molecule has 0 bridgehead atoms. The number of nitriles is 1. The van der Waals surface area contributed by atoms with Gasteiger partial charge in [-0.1, -0.05) is 6.07 Å². The predicted octanol–water partition coefficient (Wildman–Crippen LogP) is 3.19. The van der Waals surface area contributed by atoms with E-state index < -0.39 is 18.0 Å². The molecular weight excluding hydrogens is 309 g/mol. The summed E-state index contributed by atoms with van der Waals surface area (Å²) >= 11 is 0. The van der Waals surface area contributed by atoms with E-state index in [2.05, 4.69) is 20.0 Å². The Bertz CT molecular complexity index is 754. The molecule has 1 aromatic carbocycles. The summed E-state index contributed by atoms with van der Waals surface area (Å²) in [5, 5.41) is 11.7. The van der Waals surface area contributed by atoms with Gasteiger partial charge in [0, 0.05) is 11.6 Å². The van der Waals surface area contributed by atoms with E-state index in [4.69, 9.17) is 5.26 Å². The Kier molecular flexibility index (Phi) is 3.78. The number of anilines is 1. The lowest BCUT2D eigenvalue weighted by Crippen LogP contribution is -2.22. The fourth-order valence-electron chi connectivity index (χ4n) is 2.31. The Morgan fingerprint density at radius 2 is 1.96 bits per heavy atom. The monoisotopic (exact) mass is 320 g/mol. The Labute approximate surface area is 129 Å². The number of ether oxygens (including phenoxy) is 1. The molecule has 8 heteroatoms. The van der Waals surface area contributed by atoms with Gasteiger partial charge in [0.15, 0.2) is 0 Å². The van der Waals surface area contributed by atoms with Crippen molar-refractivity contribution < 1.29 is 17.9 Å². The second-order valence-corrected chi connectivity index (χ2v) is 5.13. The Morgan fingerprint density at radius 1 is 1.26 bits per heavy atom. The van der Waals surface area contributed by atoms with Crippen LogP contribution in [0.4, 0.5) is 19.1 Å². The highest BCUT2D eigenvalue weighted by atomic mass is 19.3. The molecule has 0 spiro atoms. The van der Waals surface area contributed by atoms with Crippen LogP contribution in [0.2, 0.25) is 0 Å². The molecule has 1 aliphatic carbocycles. The van der Waals surface area contributed by atoms with Crippen molar-refractivity contribution >= 4 is 5.95 Å². The molecule has 3 rings (SSSR count). The Hall–Kier alpha value is -2.82. The summed E-state index contributed by atoms with van der Waals surface area (Å²) < 4.78 is 42.7. The first-order valence-electron chi connectivity index (χ1n) is 6.77. The second-order valence-electron chi connectivity index (χ2n) is 5.13. The molecule has 2 aromatic rings. The van der Waals surface area contributed by atoms with Gasteiger partial charge in [0.25, 0.3) is 0 Å². The van der Waals surface area contributed by atoms with Crippen LogP contribution < -0.4 is 10.1 Å². The maximum Gasteiger partial charge on any atom is 0.387 e. The van der Waals surface area contributed by atoms with Gasteiger partial charge in [-0.25, -0.2) is 14.4 Å². The van der Waals surface area contributed by atoms with E-state index in [1.807, 2.05) is 6.07 Å². The van der Waals surface area contributed by atoms with Gasteiger partial charge < -0.3 is 10.1 Å². The summed E-state index contributed by atoms with van der Waals surface area (Å²) in [7, 11) is 0. The van der Waals surface area contributed by atoms with Crippen molar-refractivity contribution in [3.05, 3.63) is 47.5 Å². The molecule has 1 aromatic heterocycles. The highest BCUT2D eigenvalue weighted by Gasteiger charge is 2.46. The average molecular weight is 320 g/mol. The van der Waals surface area contributed by atoms with Crippen LogP contribution in [-0.2, 0) is 5.54 Å². The van der Waals surface area contributed by atoms with Crippen molar-refractivity contribution in [2.75, 3.05) is 5.32 Å². The number of nitrogens with zero attached hydrogens (tertiary/aromatic N) is 3. The first kappa shape index (κ1) is 15.1. The van der Waals surface area contributed by atoms with E-state index in [1.165, 1.54) is 24.5 Å². The highest BCUT2D eigenvalue weighted by Crippen LogP contribution is 2.49. The number of aromatic nitrogens is 2. The minimum Gasteiger partial charge on any atom is -0.435 e. The van der Waals surface area contributed by atoms with Gasteiger partial charge in [0.1, 0.15) is 17.6 Å². The molecule has 0 amide bonds. The molecule has 1 fully saturated rings. The largest absolute Gasteiger partial charge is 0.435 e. The SMILES string of the molecule is N#Cc1cnc(NC2(c3ccc(OC(F)F)cc3F)CC2)nc1. The van der Waals surface area contributed by atoms with E-state index in [9.17, 15) is 13.2 Å². The molecule has 1 aliphatic rings. The molecule has 0 saturated heterocycles. The first-order chi connectivity index (χ1) is 11.0. The molecule has 0 unspecified atom stereocenters. The molecule has 1 N–H and O–H groups in total. The number of alkyl halides is 2. The maximum atomic E-state index is 14.2. The van der Waals surface area contributed by atoms with E-state index in [1.54, 1.807) is 0 Å². The molecule has 118 valence electrons. The predicted molar refractivity (Wildman–Crippen MR) is 74.3 cm³/mol. The summed E-state index contributed by atoms with van der Waals surface area (Å²) in [6.07, 6.45) is 4.04. The molecule has 0 aliphatic heterocycles. The lowest BCUT2D eigenvalue weighted by atomic mass is 10.0. The number of halogens is 3. The zero-order chi connectivity index (χ0) is 16.4. The van der Waals surface area contributed by atoms with Crippen molar-refractivity contribution in [2.24, 2.45) is 0 Å². The molecule has 1 heterocycles. The van der Waals surface area contributed by atoms with Crippen molar-refractivity contribution in [1.82, 2.24) is 9.97 Å². The molecule has 0 radical (unpaired) electrons. The summed E-state index contributed by atoms with van der Waals surface area (Å²) in [5.41, 5.74) is -0.00567. The zero-order valence-electron chi connectivity index (χ0n) is 11.8. The topological polar surface area (TPSA) is 70.8 Å². The van der Waals surface area contributed by atoms with Gasteiger partial charge in [-0.15, -0.1) is 0 Å². The summed E-state index contributed by atoms with van der Waals surface area (Å²) in [5.74, 6) is -0.595. The van der Waals surface area contributed by atoms with E-state index >= 15 is 0 Å². The van der Waals surface area contributed by atoms with Gasteiger partial charge in [-0.3, -0.25) is 0 Å². The van der Waals surface area contributed by atoms with Crippen LogP contribution in [0.25, 0.3) is 0 Å². The van der Waals surface area contributed by atoms with Crippen molar-refractivity contribution in [3.63, 3.8) is 0 Å². The van der Waals surface area contributed by atoms with Crippen LogP contribution in [0.5, 0.6) is 5.75 Å². The maximum absolute atomic E-state index is 14.2. The quantitative estimate of drug-likeness (QED) is 0.916. The third kappa shape index (κ3) is 3.18. The molecule has 0 atom stereocenters. The van der Waals surface area contributed by atoms with Gasteiger partial charge in [0.2, 0.25) is 5.95 Å². The van der Waals surface area contributed by atoms with E-state index in [0.29, 0.717) is 24.0 Å². The molecule has 1 saturated carbocycles.